The molecule has 0 aliphatic heterocycles. The Balaban J connectivity index is 2.09. The molecule has 1 amide bonds. The predicted molar refractivity (Wildman–Crippen MR) is 63.6 cm³/mol. The van der Waals surface area contributed by atoms with Crippen molar-refractivity contribution in [1.29, 1.82) is 0 Å². The molecule has 5 nitrogen and oxygen atoms in total. The molecule has 17 heavy (non-hydrogen) atoms. The monoisotopic (exact) mass is 249 g/mol. The Kier molecular flexibility index (Phi) is 3.79. The van der Waals surface area contributed by atoms with Gasteiger partial charge in [0.2, 0.25) is 0 Å². The number of carbonyl (C=O) groups excluding carboxylic acids is 1. The van der Waals surface area contributed by atoms with Gasteiger partial charge >= 0.3 is 0 Å². The number of carbonyl (C=O) groups is 1. The maximum atomic E-state index is 11.8. The van der Waals surface area contributed by atoms with Crippen LogP contribution in [0.2, 0.25) is 0 Å². The molecule has 0 radical (unpaired) electrons. The maximum absolute atomic E-state index is 11.8. The summed E-state index contributed by atoms with van der Waals surface area (Å²) >= 11 is 1.02. The van der Waals surface area contributed by atoms with Gasteiger partial charge in [0.25, 0.3) is 5.91 Å². The van der Waals surface area contributed by atoms with E-state index in [1.165, 1.54) is 6.20 Å². The van der Waals surface area contributed by atoms with Gasteiger partial charge in [-0.15, -0.1) is 5.10 Å². The van der Waals surface area contributed by atoms with Crippen LogP contribution in [0.1, 0.15) is 21.3 Å². The Morgan fingerprint density at radius 3 is 2.76 bits per heavy atom. The van der Waals surface area contributed by atoms with E-state index in [2.05, 4.69) is 14.9 Å². The molecule has 2 rings (SSSR count). The van der Waals surface area contributed by atoms with E-state index in [1.54, 1.807) is 0 Å². The molecule has 2 aromatic rings. The van der Waals surface area contributed by atoms with Crippen LogP contribution in [-0.4, -0.2) is 27.2 Å². The van der Waals surface area contributed by atoms with E-state index in [4.69, 9.17) is 0 Å². The smallest absolute Gasteiger partial charge is 0.265 e. The van der Waals surface area contributed by atoms with Crippen LogP contribution in [-0.2, 0) is 0 Å². The van der Waals surface area contributed by atoms with E-state index in [0.717, 1.165) is 17.1 Å². The number of nitrogens with one attached hydrogen (secondary N) is 1. The Hall–Kier alpha value is -1.79. The number of aliphatic hydroxyl groups excluding tert-OH is 1. The average molecular weight is 249 g/mol. The number of hydrogen-bond acceptors (Lipinski definition) is 5. The van der Waals surface area contributed by atoms with Gasteiger partial charge in [0.05, 0.1) is 18.8 Å². The minimum Gasteiger partial charge on any atom is -0.394 e. The number of aliphatic hydroxyl groups is 1. The van der Waals surface area contributed by atoms with Crippen molar-refractivity contribution in [3.63, 3.8) is 0 Å². The first-order valence-corrected chi connectivity index (χ1v) is 5.82. The second-order valence-corrected chi connectivity index (χ2v) is 4.19. The van der Waals surface area contributed by atoms with E-state index in [9.17, 15) is 9.90 Å². The molecule has 1 aromatic carbocycles. The lowest BCUT2D eigenvalue weighted by Crippen LogP contribution is -2.30. The third-order valence-electron chi connectivity index (χ3n) is 2.27. The number of rotatable bonds is 4. The van der Waals surface area contributed by atoms with Crippen molar-refractivity contribution >= 4 is 17.4 Å². The van der Waals surface area contributed by atoms with Gasteiger partial charge in [0, 0.05) is 0 Å². The molecule has 0 saturated carbocycles. The largest absolute Gasteiger partial charge is 0.394 e. The van der Waals surface area contributed by atoms with Gasteiger partial charge in [-0.1, -0.05) is 34.8 Å². The number of benzene rings is 1. The maximum Gasteiger partial charge on any atom is 0.265 e. The zero-order chi connectivity index (χ0) is 12.1. The lowest BCUT2D eigenvalue weighted by atomic mass is 10.1. The number of nitrogens with zero attached hydrogens (tertiary/aromatic N) is 2. The first-order valence-electron chi connectivity index (χ1n) is 5.05. The second kappa shape index (κ2) is 5.51. The van der Waals surface area contributed by atoms with Crippen LogP contribution in [0, 0.1) is 0 Å². The zero-order valence-corrected chi connectivity index (χ0v) is 9.72. The third-order valence-corrected chi connectivity index (χ3v) is 2.94. The summed E-state index contributed by atoms with van der Waals surface area (Å²) in [6.45, 7) is -0.151. The molecule has 1 heterocycles. The zero-order valence-electron chi connectivity index (χ0n) is 8.91. The summed E-state index contributed by atoms with van der Waals surface area (Å²) in [4.78, 5) is 12.2. The van der Waals surface area contributed by atoms with Crippen LogP contribution in [0.3, 0.4) is 0 Å². The minimum atomic E-state index is -0.411. The van der Waals surface area contributed by atoms with Crippen molar-refractivity contribution in [3.05, 3.63) is 47.0 Å². The lowest BCUT2D eigenvalue weighted by Gasteiger charge is -2.15. The van der Waals surface area contributed by atoms with Crippen LogP contribution in [0.25, 0.3) is 0 Å². The SMILES string of the molecule is O=C(N[C@H](CO)c1ccccc1)c1cnns1. The van der Waals surface area contributed by atoms with E-state index in [0.29, 0.717) is 4.88 Å². The first-order chi connectivity index (χ1) is 8.31. The highest BCUT2D eigenvalue weighted by atomic mass is 32.1. The van der Waals surface area contributed by atoms with Crippen molar-refractivity contribution < 1.29 is 9.90 Å². The van der Waals surface area contributed by atoms with Crippen LogP contribution in [0.4, 0.5) is 0 Å². The summed E-state index contributed by atoms with van der Waals surface area (Å²) in [7, 11) is 0. The highest BCUT2D eigenvalue weighted by Gasteiger charge is 2.15. The lowest BCUT2D eigenvalue weighted by molar-refractivity contribution is 0.0920. The fourth-order valence-corrected chi connectivity index (χ4v) is 1.83. The Morgan fingerprint density at radius 1 is 1.41 bits per heavy atom. The van der Waals surface area contributed by atoms with E-state index >= 15 is 0 Å². The Labute approximate surface area is 102 Å². The number of hydrogen-bond donors (Lipinski definition) is 2. The molecular weight excluding hydrogens is 238 g/mol. The van der Waals surface area contributed by atoms with Gasteiger partial charge in [-0.25, -0.2) is 0 Å². The number of amides is 1. The topological polar surface area (TPSA) is 75.1 Å². The Bertz CT molecular complexity index is 473. The molecular formula is C11H11N3O2S. The summed E-state index contributed by atoms with van der Waals surface area (Å²) < 4.78 is 3.62. The number of aromatic nitrogens is 2. The summed E-state index contributed by atoms with van der Waals surface area (Å²) in [5.74, 6) is -0.275. The molecule has 1 atom stereocenters. The molecule has 0 fully saturated rings. The third kappa shape index (κ3) is 2.86. The van der Waals surface area contributed by atoms with Crippen LogP contribution in [0.15, 0.2) is 36.5 Å². The highest BCUT2D eigenvalue weighted by molar-refractivity contribution is 7.07. The molecule has 1 aromatic heterocycles. The predicted octanol–water partition coefficient (Wildman–Crippen LogP) is 1.00. The molecule has 0 aliphatic rings. The van der Waals surface area contributed by atoms with E-state index in [-0.39, 0.29) is 12.5 Å². The van der Waals surface area contributed by atoms with E-state index in [1.807, 2.05) is 30.3 Å². The van der Waals surface area contributed by atoms with Crippen molar-refractivity contribution in [3.8, 4) is 0 Å². The second-order valence-electron chi connectivity index (χ2n) is 3.40. The van der Waals surface area contributed by atoms with Gasteiger partial charge in [0.1, 0.15) is 4.88 Å². The summed E-state index contributed by atoms with van der Waals surface area (Å²) in [6.07, 6.45) is 1.40. The molecule has 6 heteroatoms. The van der Waals surface area contributed by atoms with Crippen molar-refractivity contribution in [2.75, 3.05) is 6.61 Å². The first kappa shape index (κ1) is 11.7. The summed E-state index contributed by atoms with van der Waals surface area (Å²) in [5.41, 5.74) is 0.862. The fraction of sp³-hybridized carbons (Fsp3) is 0.182. The minimum absolute atomic E-state index is 0.151. The van der Waals surface area contributed by atoms with Gasteiger partial charge in [-0.2, -0.15) is 0 Å². The van der Waals surface area contributed by atoms with Crippen molar-refractivity contribution in [2.45, 2.75) is 6.04 Å². The standard InChI is InChI=1S/C11H11N3O2S/c15-7-9(8-4-2-1-3-5-8)13-11(16)10-6-12-14-17-10/h1-6,9,15H,7H2,(H,13,16)/t9-/m1/s1. The highest BCUT2D eigenvalue weighted by Crippen LogP contribution is 2.13. The van der Waals surface area contributed by atoms with Gasteiger partial charge < -0.3 is 10.4 Å². The fourth-order valence-electron chi connectivity index (χ4n) is 1.42. The van der Waals surface area contributed by atoms with Crippen LogP contribution < -0.4 is 5.32 Å². The van der Waals surface area contributed by atoms with Gasteiger partial charge in [-0.3, -0.25) is 4.79 Å². The molecule has 88 valence electrons. The van der Waals surface area contributed by atoms with Crippen molar-refractivity contribution in [2.24, 2.45) is 0 Å². The summed E-state index contributed by atoms with van der Waals surface area (Å²) in [5, 5.41) is 15.6. The quantitative estimate of drug-likeness (QED) is 0.847. The average Bonchev–Trinajstić information content (AvgIpc) is 2.90. The van der Waals surface area contributed by atoms with Crippen LogP contribution >= 0.6 is 11.5 Å². The molecule has 0 aliphatic carbocycles. The normalized spacial score (nSPS) is 12.1. The Morgan fingerprint density at radius 2 is 2.18 bits per heavy atom. The molecule has 0 unspecified atom stereocenters. The summed E-state index contributed by atoms with van der Waals surface area (Å²) in [6, 6.07) is 8.90. The van der Waals surface area contributed by atoms with Gasteiger partial charge in [-0.05, 0) is 17.1 Å². The van der Waals surface area contributed by atoms with E-state index < -0.39 is 6.04 Å². The van der Waals surface area contributed by atoms with Gasteiger partial charge in [0.15, 0.2) is 0 Å². The molecule has 0 bridgehead atoms. The van der Waals surface area contributed by atoms with Crippen LogP contribution in [0.5, 0.6) is 0 Å². The molecule has 2 N–H and O–H groups in total. The molecule has 0 spiro atoms. The van der Waals surface area contributed by atoms with Crippen molar-refractivity contribution in [1.82, 2.24) is 14.9 Å². The molecule has 0 saturated heterocycles.